The number of aryl methyl sites for hydroxylation is 1. The molecule has 1 aromatic carbocycles. The molecular formula is C33H50N6O6. The van der Waals surface area contributed by atoms with Crippen molar-refractivity contribution in [1.29, 1.82) is 0 Å². The van der Waals surface area contributed by atoms with Gasteiger partial charge in [-0.15, -0.1) is 0 Å². The fraction of sp³-hybridized carbons (Fsp3) is 0.636. The number of hydrogen-bond acceptors (Lipinski definition) is 9. The smallest absolute Gasteiger partial charge is 0.328 e. The molecular weight excluding hydrogens is 576 g/mol. The predicted octanol–water partition coefficient (Wildman–Crippen LogP) is 1.05. The number of hydrogen-bond donors (Lipinski definition) is 4. The molecule has 3 unspecified atom stereocenters. The van der Waals surface area contributed by atoms with E-state index in [0.29, 0.717) is 51.5 Å². The maximum absolute atomic E-state index is 14.0. The van der Waals surface area contributed by atoms with Gasteiger partial charge in [0.1, 0.15) is 12.1 Å². The third-order valence-electron chi connectivity index (χ3n) is 8.78. The Balaban J connectivity index is 1.41. The molecule has 1 aromatic rings. The molecule has 2 aliphatic heterocycles. The van der Waals surface area contributed by atoms with Crippen LogP contribution in [0, 0.1) is 5.92 Å². The molecule has 5 N–H and O–H groups in total. The van der Waals surface area contributed by atoms with Crippen LogP contribution in [0.2, 0.25) is 0 Å². The second-order valence-electron chi connectivity index (χ2n) is 12.9. The van der Waals surface area contributed by atoms with Crippen LogP contribution in [-0.4, -0.2) is 103 Å². The van der Waals surface area contributed by atoms with Gasteiger partial charge >= 0.3 is 5.97 Å². The van der Waals surface area contributed by atoms with Gasteiger partial charge in [0.2, 0.25) is 17.7 Å². The SMILES string of the molecule is COC(=O)[C@@H]1CCCN1C(=O)C(CCc1ccccc1)N1CNC(NC(=O)[C@@H](COCC2CC=CCC2)NC(=O)C(C)(C)N)C1. The lowest BCUT2D eigenvalue weighted by Crippen LogP contribution is -2.59. The minimum Gasteiger partial charge on any atom is -0.467 e. The summed E-state index contributed by atoms with van der Waals surface area (Å²) in [6, 6.07) is 7.93. The summed E-state index contributed by atoms with van der Waals surface area (Å²) in [6.45, 7) is 4.92. The van der Waals surface area contributed by atoms with Gasteiger partial charge in [0.15, 0.2) is 0 Å². The van der Waals surface area contributed by atoms with E-state index < -0.39 is 47.6 Å². The van der Waals surface area contributed by atoms with Gasteiger partial charge in [0.25, 0.3) is 0 Å². The summed E-state index contributed by atoms with van der Waals surface area (Å²) in [5.41, 5.74) is 5.95. The normalized spacial score (nSPS) is 23.4. The van der Waals surface area contributed by atoms with Gasteiger partial charge in [-0.25, -0.2) is 4.79 Å². The summed E-state index contributed by atoms with van der Waals surface area (Å²) in [4.78, 5) is 56.3. The van der Waals surface area contributed by atoms with Crippen molar-refractivity contribution < 1.29 is 28.7 Å². The zero-order chi connectivity index (χ0) is 32.4. The van der Waals surface area contributed by atoms with Crippen LogP contribution in [0.25, 0.3) is 0 Å². The Morgan fingerprint density at radius 3 is 2.60 bits per heavy atom. The highest BCUT2D eigenvalue weighted by Crippen LogP contribution is 2.24. The average molecular weight is 627 g/mol. The minimum atomic E-state index is -1.17. The van der Waals surface area contributed by atoms with E-state index in [1.165, 1.54) is 7.11 Å². The highest BCUT2D eigenvalue weighted by molar-refractivity contribution is 5.91. The van der Waals surface area contributed by atoms with Crippen LogP contribution in [-0.2, 0) is 35.1 Å². The first-order valence-electron chi connectivity index (χ1n) is 16.1. The molecule has 3 amide bonds. The van der Waals surface area contributed by atoms with Crippen LogP contribution in [0.3, 0.4) is 0 Å². The molecule has 3 aliphatic rings. The lowest BCUT2D eigenvalue weighted by atomic mass is 9.95. The first-order chi connectivity index (χ1) is 21.6. The second-order valence-corrected chi connectivity index (χ2v) is 12.9. The summed E-state index contributed by atoms with van der Waals surface area (Å²) in [5.74, 6) is -0.986. The maximum atomic E-state index is 14.0. The van der Waals surface area contributed by atoms with E-state index >= 15 is 0 Å². The third kappa shape index (κ3) is 9.83. The van der Waals surface area contributed by atoms with Gasteiger partial charge in [0.05, 0.1) is 38.1 Å². The second kappa shape index (κ2) is 16.3. The molecule has 2 heterocycles. The van der Waals surface area contributed by atoms with E-state index in [9.17, 15) is 19.2 Å². The van der Waals surface area contributed by atoms with Crippen molar-refractivity contribution in [3.05, 3.63) is 48.0 Å². The fourth-order valence-corrected chi connectivity index (χ4v) is 6.10. The van der Waals surface area contributed by atoms with Gasteiger partial charge in [-0.05, 0) is 70.3 Å². The topological polar surface area (TPSA) is 155 Å². The number of allylic oxidation sites excluding steroid dienone is 2. The Labute approximate surface area is 266 Å². The summed E-state index contributed by atoms with van der Waals surface area (Å²) in [5, 5.41) is 9.05. The average Bonchev–Trinajstić information content (AvgIpc) is 3.71. The van der Waals surface area contributed by atoms with Crippen LogP contribution in [0.4, 0.5) is 0 Å². The van der Waals surface area contributed by atoms with Crippen molar-refractivity contribution in [3.8, 4) is 0 Å². The van der Waals surface area contributed by atoms with Crippen molar-refractivity contribution in [1.82, 2.24) is 25.8 Å². The molecule has 12 heteroatoms. The van der Waals surface area contributed by atoms with Gasteiger partial charge in [-0.3, -0.25) is 24.6 Å². The maximum Gasteiger partial charge on any atom is 0.328 e. The number of nitrogens with two attached hydrogens (primary N) is 1. The van der Waals surface area contributed by atoms with Gasteiger partial charge < -0.3 is 30.7 Å². The fourth-order valence-electron chi connectivity index (χ4n) is 6.10. The molecule has 0 bridgehead atoms. The molecule has 45 heavy (non-hydrogen) atoms. The van der Waals surface area contributed by atoms with Crippen LogP contribution in [0.5, 0.6) is 0 Å². The molecule has 2 fully saturated rings. The van der Waals surface area contributed by atoms with E-state index in [1.807, 2.05) is 35.2 Å². The number of carbonyl (C=O) groups excluding carboxylic acids is 4. The van der Waals surface area contributed by atoms with Gasteiger partial charge in [0, 0.05) is 19.7 Å². The van der Waals surface area contributed by atoms with Crippen LogP contribution >= 0.6 is 0 Å². The number of nitrogens with zero attached hydrogens (tertiary/aromatic N) is 2. The van der Waals surface area contributed by atoms with Crippen molar-refractivity contribution in [2.24, 2.45) is 11.7 Å². The number of nitrogens with one attached hydrogen (secondary N) is 3. The molecule has 1 aliphatic carbocycles. The first kappa shape index (κ1) is 34.6. The van der Waals surface area contributed by atoms with Crippen molar-refractivity contribution in [3.63, 3.8) is 0 Å². The molecule has 5 atom stereocenters. The molecule has 4 rings (SSSR count). The van der Waals surface area contributed by atoms with Crippen molar-refractivity contribution >= 4 is 23.7 Å². The largest absolute Gasteiger partial charge is 0.467 e. The van der Waals surface area contributed by atoms with E-state index in [-0.39, 0.29) is 12.5 Å². The summed E-state index contributed by atoms with van der Waals surface area (Å²) < 4.78 is 10.9. The summed E-state index contributed by atoms with van der Waals surface area (Å²) in [6.07, 6.45) is 9.35. The molecule has 248 valence electrons. The molecule has 2 saturated heterocycles. The Hall–Kier alpha value is -3.32. The number of amides is 3. The Kier molecular flexibility index (Phi) is 12.5. The van der Waals surface area contributed by atoms with Crippen LogP contribution in [0.15, 0.2) is 42.5 Å². The van der Waals surface area contributed by atoms with Crippen molar-refractivity contribution in [2.75, 3.05) is 40.1 Å². The monoisotopic (exact) mass is 626 g/mol. The highest BCUT2D eigenvalue weighted by Gasteiger charge is 2.41. The van der Waals surface area contributed by atoms with Crippen LogP contribution in [0.1, 0.15) is 57.9 Å². The highest BCUT2D eigenvalue weighted by atomic mass is 16.5. The number of esters is 1. The number of carbonyl (C=O) groups is 4. The zero-order valence-corrected chi connectivity index (χ0v) is 26.8. The Morgan fingerprint density at radius 1 is 1.13 bits per heavy atom. The number of rotatable bonds is 14. The molecule has 0 radical (unpaired) electrons. The summed E-state index contributed by atoms with van der Waals surface area (Å²) >= 11 is 0. The molecule has 0 aromatic heterocycles. The minimum absolute atomic E-state index is 0.0202. The zero-order valence-electron chi connectivity index (χ0n) is 26.8. The molecule has 12 nitrogen and oxygen atoms in total. The van der Waals surface area contributed by atoms with E-state index in [2.05, 4.69) is 28.1 Å². The Bertz CT molecular complexity index is 1190. The molecule has 0 spiro atoms. The molecule has 0 saturated carbocycles. The number of benzene rings is 1. The van der Waals surface area contributed by atoms with Gasteiger partial charge in [-0.2, -0.15) is 0 Å². The lowest BCUT2D eigenvalue weighted by molar-refractivity contribution is -0.152. The quantitative estimate of drug-likeness (QED) is 0.175. The van der Waals surface area contributed by atoms with E-state index in [4.69, 9.17) is 15.2 Å². The summed E-state index contributed by atoms with van der Waals surface area (Å²) in [7, 11) is 1.34. The third-order valence-corrected chi connectivity index (χ3v) is 8.78. The number of methoxy groups -OCH3 is 1. The Morgan fingerprint density at radius 2 is 1.91 bits per heavy atom. The van der Waals surface area contributed by atoms with Gasteiger partial charge in [-0.1, -0.05) is 42.5 Å². The predicted molar refractivity (Wildman–Crippen MR) is 169 cm³/mol. The first-order valence-corrected chi connectivity index (χ1v) is 16.1. The van der Waals surface area contributed by atoms with E-state index in [0.717, 1.165) is 31.2 Å². The standard InChI is InChI=1S/C33H50N6O6/c1-33(2,34)32(43)36-25(21-45-20-24-13-8-5-9-14-24)29(40)37-28-19-38(22-35-28)26(17-16-23-11-6-4-7-12-23)30(41)39-18-10-15-27(39)31(42)44-3/h4-8,11-12,24-28,35H,9-10,13-22,34H2,1-3H3,(H,36,43)(H,37,40)/t24?,25-,26?,27+,28?/m1/s1. The lowest BCUT2D eigenvalue weighted by Gasteiger charge is -2.32. The van der Waals surface area contributed by atoms with Crippen LogP contribution < -0.4 is 21.7 Å². The van der Waals surface area contributed by atoms with E-state index in [1.54, 1.807) is 18.7 Å². The number of likely N-dealkylation sites (tertiary alicyclic amines) is 1. The number of ether oxygens (including phenoxy) is 2. The van der Waals surface area contributed by atoms with Crippen molar-refractivity contribution in [2.45, 2.75) is 88.6 Å².